The van der Waals surface area contributed by atoms with Gasteiger partial charge in [0.1, 0.15) is 11.4 Å². The van der Waals surface area contributed by atoms with Crippen LogP contribution < -0.4 is 4.90 Å². The summed E-state index contributed by atoms with van der Waals surface area (Å²) in [6, 6.07) is 32.8. The molecule has 5 rings (SSSR count). The van der Waals surface area contributed by atoms with Crippen LogP contribution in [-0.4, -0.2) is 62.2 Å². The minimum absolute atomic E-state index is 0.140. The molecule has 1 aliphatic rings. The first-order chi connectivity index (χ1) is 30.4. The first-order valence-corrected chi connectivity index (χ1v) is 26.0. The van der Waals surface area contributed by atoms with Crippen molar-refractivity contribution in [2.45, 2.75) is 116 Å². The van der Waals surface area contributed by atoms with E-state index in [0.29, 0.717) is 18.7 Å². The Labute approximate surface area is 379 Å². The lowest BCUT2D eigenvalue weighted by atomic mass is 9.90. The van der Waals surface area contributed by atoms with Crippen molar-refractivity contribution in [3.05, 3.63) is 155 Å². The minimum Gasteiger partial charge on any atom is -0.367 e. The Hall–Kier alpha value is -4.61. The molecule has 0 heterocycles. The Morgan fingerprint density at radius 2 is 1.22 bits per heavy atom. The molecular formula is C53H70N3O5S2+. The molecule has 2 atom stereocenters. The summed E-state index contributed by atoms with van der Waals surface area (Å²) in [6.07, 6.45) is 15.6. The van der Waals surface area contributed by atoms with Gasteiger partial charge in [-0.3, -0.25) is 4.55 Å². The summed E-state index contributed by atoms with van der Waals surface area (Å²) in [7, 11) is -9.09. The number of benzene rings is 4. The molecule has 0 saturated heterocycles. The Balaban J connectivity index is 1.65. The molecule has 0 spiro atoms. The number of rotatable bonds is 24. The van der Waals surface area contributed by atoms with Gasteiger partial charge >= 0.3 is 0 Å². The molecule has 1 N–H and O–H groups in total. The topological polar surface area (TPSA) is 98.0 Å². The molecule has 4 aromatic rings. The molecule has 338 valence electrons. The van der Waals surface area contributed by atoms with E-state index in [-0.39, 0.29) is 22.3 Å². The van der Waals surface area contributed by atoms with Crippen LogP contribution in [0.15, 0.2) is 143 Å². The number of hydrogen-bond acceptors (Lipinski definition) is 5. The van der Waals surface area contributed by atoms with Crippen LogP contribution >= 0.6 is 0 Å². The molecule has 4 aromatic carbocycles. The van der Waals surface area contributed by atoms with Crippen LogP contribution in [0, 0.1) is 11.8 Å². The van der Waals surface area contributed by atoms with Crippen molar-refractivity contribution in [2.75, 3.05) is 31.1 Å². The normalized spacial score (nSPS) is 14.0. The van der Waals surface area contributed by atoms with Crippen molar-refractivity contribution in [3.63, 3.8) is 0 Å². The summed E-state index contributed by atoms with van der Waals surface area (Å²) in [5, 5.41) is 0. The second-order valence-corrected chi connectivity index (χ2v) is 20.1. The zero-order chi connectivity index (χ0) is 45.4. The molecule has 1 aliphatic carbocycles. The van der Waals surface area contributed by atoms with Gasteiger partial charge in [0.05, 0.1) is 4.90 Å². The lowest BCUT2D eigenvalue weighted by Crippen LogP contribution is -2.39. The van der Waals surface area contributed by atoms with Crippen molar-refractivity contribution < 1.29 is 26.0 Å². The molecule has 2 unspecified atom stereocenters. The Bertz CT molecular complexity index is 2390. The summed E-state index contributed by atoms with van der Waals surface area (Å²) in [6.45, 7) is 16.4. The molecule has 63 heavy (non-hydrogen) atoms. The third-order valence-electron chi connectivity index (χ3n) is 12.4. The molecule has 0 bridgehead atoms. The van der Waals surface area contributed by atoms with E-state index in [0.717, 1.165) is 100 Å². The number of anilines is 1. The Morgan fingerprint density at radius 1 is 0.667 bits per heavy atom. The highest BCUT2D eigenvalue weighted by atomic mass is 32.2. The highest BCUT2D eigenvalue weighted by Gasteiger charge is 2.32. The van der Waals surface area contributed by atoms with Gasteiger partial charge in [0.2, 0.25) is 10.0 Å². The van der Waals surface area contributed by atoms with Crippen molar-refractivity contribution in [1.82, 2.24) is 4.31 Å². The summed E-state index contributed by atoms with van der Waals surface area (Å²) in [4.78, 5) is 1.69. The second kappa shape index (κ2) is 23.9. The number of allylic oxidation sites excluding steroid dienone is 5. The fourth-order valence-corrected chi connectivity index (χ4v) is 10.9. The fourth-order valence-electron chi connectivity index (χ4n) is 8.45. The number of nitrogens with zero attached hydrogens (tertiary/aromatic N) is 3. The maximum Gasteiger partial charge on any atom is 0.295 e. The SMILES string of the molecule is CCCCC(CC)CN(CC(CC)CCCC)S(=O)(=O)c1ccc(C(=C2C=CC(=[N+](CC)Cc3ccccc3)C=C2)c2ccc(N(CC)Cc3ccccc3)cc2)c(S(=O)(=O)O)c1. The summed E-state index contributed by atoms with van der Waals surface area (Å²) in [5.74, 6) is 0.338. The van der Waals surface area contributed by atoms with Gasteiger partial charge in [0, 0.05) is 55.1 Å². The van der Waals surface area contributed by atoms with E-state index >= 15 is 0 Å². The van der Waals surface area contributed by atoms with Gasteiger partial charge in [-0.25, -0.2) is 13.0 Å². The van der Waals surface area contributed by atoms with E-state index < -0.39 is 25.0 Å². The molecule has 0 amide bonds. The van der Waals surface area contributed by atoms with E-state index in [4.69, 9.17) is 0 Å². The van der Waals surface area contributed by atoms with Gasteiger partial charge in [-0.1, -0.05) is 145 Å². The maximum absolute atomic E-state index is 14.8. The molecule has 0 aliphatic heterocycles. The van der Waals surface area contributed by atoms with Crippen molar-refractivity contribution >= 4 is 37.1 Å². The predicted molar refractivity (Wildman–Crippen MR) is 261 cm³/mol. The van der Waals surface area contributed by atoms with Crippen LogP contribution in [0.5, 0.6) is 0 Å². The Morgan fingerprint density at radius 3 is 1.71 bits per heavy atom. The first kappa shape index (κ1) is 49.4. The van der Waals surface area contributed by atoms with Gasteiger partial charge in [0.25, 0.3) is 10.1 Å². The average molecular weight is 893 g/mol. The molecule has 8 nitrogen and oxygen atoms in total. The number of sulfonamides is 1. The van der Waals surface area contributed by atoms with Gasteiger partial charge in [0.15, 0.2) is 12.3 Å². The van der Waals surface area contributed by atoms with Gasteiger partial charge in [-0.2, -0.15) is 12.7 Å². The molecule has 10 heteroatoms. The summed E-state index contributed by atoms with van der Waals surface area (Å²) in [5.41, 5.74) is 6.62. The maximum atomic E-state index is 14.8. The lowest BCUT2D eigenvalue weighted by molar-refractivity contribution is -0.539. The molecule has 0 saturated carbocycles. The quantitative estimate of drug-likeness (QED) is 0.0556. The van der Waals surface area contributed by atoms with Gasteiger partial charge < -0.3 is 4.90 Å². The van der Waals surface area contributed by atoms with Crippen molar-refractivity contribution in [2.24, 2.45) is 11.8 Å². The van der Waals surface area contributed by atoms with E-state index in [2.05, 4.69) is 75.3 Å². The van der Waals surface area contributed by atoms with Crippen molar-refractivity contribution in [3.8, 4) is 0 Å². The molecule has 0 fully saturated rings. The van der Waals surface area contributed by atoms with E-state index in [1.165, 1.54) is 23.3 Å². The lowest BCUT2D eigenvalue weighted by Gasteiger charge is -2.30. The van der Waals surface area contributed by atoms with Crippen molar-refractivity contribution in [1.29, 1.82) is 0 Å². The monoisotopic (exact) mass is 892 g/mol. The van der Waals surface area contributed by atoms with Crippen LogP contribution in [0.3, 0.4) is 0 Å². The zero-order valence-corrected chi connectivity index (χ0v) is 40.0. The second-order valence-electron chi connectivity index (χ2n) is 16.8. The first-order valence-electron chi connectivity index (χ1n) is 23.1. The van der Waals surface area contributed by atoms with Gasteiger partial charge in [-0.05, 0) is 97.2 Å². The van der Waals surface area contributed by atoms with Crippen LogP contribution in [0.1, 0.15) is 115 Å². The predicted octanol–water partition coefficient (Wildman–Crippen LogP) is 12.0. The third-order valence-corrected chi connectivity index (χ3v) is 15.1. The largest absolute Gasteiger partial charge is 0.367 e. The van der Waals surface area contributed by atoms with Crippen LogP contribution in [0.4, 0.5) is 5.69 Å². The standard InChI is InChI=1S/C53H69N3O5S2/c1-7-13-21-42(9-3)40-56(41-43(10-4)22-14-8-2)62(57,58)50-35-36-51(52(37-50)63(59,60)61)53(46-27-31-48(32-28-46)54(11-5)38-44-23-17-15-18-24-44)47-29-33-49(34-30-47)55(12-6)39-45-25-19-16-20-26-45/h15-20,23-37,42-43H,7-14,21-22,38-41H2,1-6H3/p+1. The van der Waals surface area contributed by atoms with E-state index in [1.54, 1.807) is 10.4 Å². The number of unbranched alkanes of at least 4 members (excludes halogenated alkanes) is 2. The highest BCUT2D eigenvalue weighted by molar-refractivity contribution is 7.89. The molecular weight excluding hydrogens is 823 g/mol. The molecule has 0 radical (unpaired) electrons. The Kier molecular flexibility index (Phi) is 18.7. The number of hydrogen-bond donors (Lipinski definition) is 1. The third kappa shape index (κ3) is 13.5. The van der Waals surface area contributed by atoms with Crippen LogP contribution in [0.25, 0.3) is 5.57 Å². The van der Waals surface area contributed by atoms with E-state index in [9.17, 15) is 21.4 Å². The van der Waals surface area contributed by atoms with E-state index in [1.807, 2.05) is 85.0 Å². The average Bonchev–Trinajstić information content (AvgIpc) is 3.30. The molecule has 0 aromatic heterocycles. The summed E-state index contributed by atoms with van der Waals surface area (Å²) < 4.78 is 71.7. The zero-order valence-electron chi connectivity index (χ0n) is 38.4. The highest BCUT2D eigenvalue weighted by Crippen LogP contribution is 2.37. The fraction of sp³-hybridized carbons (Fsp3) is 0.415. The smallest absolute Gasteiger partial charge is 0.295 e. The van der Waals surface area contributed by atoms with Gasteiger partial charge in [-0.15, -0.1) is 0 Å². The van der Waals surface area contributed by atoms with Crippen LogP contribution in [0.2, 0.25) is 0 Å². The summed E-state index contributed by atoms with van der Waals surface area (Å²) >= 11 is 0. The minimum atomic E-state index is -4.92. The van der Waals surface area contributed by atoms with Crippen LogP contribution in [-0.2, 0) is 33.2 Å².